The number of nitrogens with one attached hydrogen (secondary N) is 1. The lowest BCUT2D eigenvalue weighted by molar-refractivity contribution is 0.490. The molecule has 3 nitrogen and oxygen atoms in total. The van der Waals surface area contributed by atoms with Crippen LogP contribution in [0.4, 0.5) is 0 Å². The van der Waals surface area contributed by atoms with Gasteiger partial charge in [-0.2, -0.15) is 0 Å². The van der Waals surface area contributed by atoms with Crippen molar-refractivity contribution >= 4 is 15.9 Å². The Hall–Kier alpha value is -1.23. The molecule has 0 radical (unpaired) electrons. The fraction of sp³-hybridized carbons (Fsp3) is 0.267. The second kappa shape index (κ2) is 7.38. The average Bonchev–Trinajstić information content (AvgIpc) is 2.46. The minimum absolute atomic E-state index is 0.263. The van der Waals surface area contributed by atoms with Crippen LogP contribution in [-0.4, -0.2) is 11.0 Å². The lowest BCUT2D eigenvalue weighted by Gasteiger charge is -2.16. The molecule has 1 aromatic heterocycles. The van der Waals surface area contributed by atoms with Gasteiger partial charge in [0, 0.05) is 22.9 Å². The Morgan fingerprint density at radius 3 is 2.74 bits per heavy atom. The highest BCUT2D eigenvalue weighted by atomic mass is 79.9. The minimum atomic E-state index is 0.263. The first-order valence-corrected chi connectivity index (χ1v) is 7.17. The van der Waals surface area contributed by atoms with Crippen LogP contribution in [0, 0.1) is 0 Å². The zero-order valence-corrected chi connectivity index (χ0v) is 12.3. The van der Waals surface area contributed by atoms with E-state index in [-0.39, 0.29) is 6.04 Å². The van der Waals surface area contributed by atoms with Crippen LogP contribution in [0.1, 0.15) is 17.5 Å². The highest BCUT2D eigenvalue weighted by Crippen LogP contribution is 2.18. The molecule has 0 aliphatic heterocycles. The van der Waals surface area contributed by atoms with E-state index >= 15 is 0 Å². The van der Waals surface area contributed by atoms with Gasteiger partial charge in [-0.3, -0.25) is 16.3 Å². The van der Waals surface area contributed by atoms with Gasteiger partial charge in [0.15, 0.2) is 0 Å². The summed E-state index contributed by atoms with van der Waals surface area (Å²) in [6.07, 6.45) is 6.59. The maximum Gasteiger partial charge on any atom is 0.0299 e. The molecule has 0 spiro atoms. The molecule has 1 atom stereocenters. The first kappa shape index (κ1) is 14.2. The molecule has 0 fully saturated rings. The Labute approximate surface area is 122 Å². The molecule has 19 heavy (non-hydrogen) atoms. The molecule has 1 unspecified atom stereocenters. The molecular formula is C15H18BrN3. The smallest absolute Gasteiger partial charge is 0.0299 e. The van der Waals surface area contributed by atoms with Gasteiger partial charge in [0.2, 0.25) is 0 Å². The Morgan fingerprint density at radius 1 is 1.21 bits per heavy atom. The number of hydrogen-bond donors (Lipinski definition) is 2. The van der Waals surface area contributed by atoms with Gasteiger partial charge >= 0.3 is 0 Å². The highest BCUT2D eigenvalue weighted by Gasteiger charge is 2.10. The standard InChI is InChI=1S/C15H18BrN3/c16-15-6-2-1-5-13(15)10-14(19-17)8-7-12-4-3-9-18-11-12/h1-6,9,11,14,19H,7-8,10,17H2. The first-order valence-electron chi connectivity index (χ1n) is 6.38. The van der Waals surface area contributed by atoms with Crippen molar-refractivity contribution in [1.29, 1.82) is 0 Å². The third-order valence-electron chi connectivity index (χ3n) is 3.16. The number of hydrogen-bond acceptors (Lipinski definition) is 3. The maximum absolute atomic E-state index is 5.65. The second-order valence-corrected chi connectivity index (χ2v) is 5.41. The van der Waals surface area contributed by atoms with Crippen molar-refractivity contribution in [1.82, 2.24) is 10.4 Å². The monoisotopic (exact) mass is 319 g/mol. The van der Waals surface area contributed by atoms with Gasteiger partial charge in [0.05, 0.1) is 0 Å². The van der Waals surface area contributed by atoms with E-state index in [1.165, 1.54) is 11.1 Å². The van der Waals surface area contributed by atoms with Crippen molar-refractivity contribution in [2.24, 2.45) is 5.84 Å². The molecule has 4 heteroatoms. The average molecular weight is 320 g/mol. The van der Waals surface area contributed by atoms with E-state index in [0.29, 0.717) is 0 Å². The summed E-state index contributed by atoms with van der Waals surface area (Å²) in [7, 11) is 0. The first-order chi connectivity index (χ1) is 9.29. The van der Waals surface area contributed by atoms with Crippen LogP contribution in [0.25, 0.3) is 0 Å². The Morgan fingerprint density at radius 2 is 2.05 bits per heavy atom. The van der Waals surface area contributed by atoms with Gasteiger partial charge in [0.25, 0.3) is 0 Å². The number of aromatic nitrogens is 1. The summed E-state index contributed by atoms with van der Waals surface area (Å²) in [5.41, 5.74) is 5.43. The molecule has 0 bridgehead atoms. The summed E-state index contributed by atoms with van der Waals surface area (Å²) in [6.45, 7) is 0. The Kier molecular flexibility index (Phi) is 5.51. The van der Waals surface area contributed by atoms with Crippen LogP contribution >= 0.6 is 15.9 Å². The molecule has 1 aromatic carbocycles. The number of nitrogens with zero attached hydrogens (tertiary/aromatic N) is 1. The van der Waals surface area contributed by atoms with Crippen molar-refractivity contribution < 1.29 is 0 Å². The van der Waals surface area contributed by atoms with E-state index in [4.69, 9.17) is 5.84 Å². The molecule has 0 saturated carbocycles. The van der Waals surface area contributed by atoms with Crippen molar-refractivity contribution in [2.45, 2.75) is 25.3 Å². The summed E-state index contributed by atoms with van der Waals surface area (Å²) in [5.74, 6) is 5.65. The second-order valence-electron chi connectivity index (χ2n) is 4.56. The van der Waals surface area contributed by atoms with Crippen LogP contribution in [-0.2, 0) is 12.8 Å². The molecule has 3 N–H and O–H groups in total. The lowest BCUT2D eigenvalue weighted by Crippen LogP contribution is -2.37. The van der Waals surface area contributed by atoms with E-state index in [1.807, 2.05) is 18.3 Å². The normalized spacial score (nSPS) is 12.3. The molecule has 0 amide bonds. The molecule has 2 rings (SSSR count). The number of hydrazine groups is 1. The minimum Gasteiger partial charge on any atom is -0.271 e. The van der Waals surface area contributed by atoms with Crippen LogP contribution in [0.2, 0.25) is 0 Å². The van der Waals surface area contributed by atoms with E-state index in [0.717, 1.165) is 23.7 Å². The molecule has 0 aliphatic rings. The predicted octanol–water partition coefficient (Wildman–Crippen LogP) is 2.85. The van der Waals surface area contributed by atoms with Crippen LogP contribution in [0.3, 0.4) is 0 Å². The molecule has 1 heterocycles. The number of rotatable bonds is 6. The third-order valence-corrected chi connectivity index (χ3v) is 3.94. The SMILES string of the molecule is NNC(CCc1cccnc1)Cc1ccccc1Br. The van der Waals surface area contributed by atoms with E-state index < -0.39 is 0 Å². The molecule has 0 saturated heterocycles. The highest BCUT2D eigenvalue weighted by molar-refractivity contribution is 9.10. The molecular weight excluding hydrogens is 302 g/mol. The molecule has 100 valence electrons. The van der Waals surface area contributed by atoms with Gasteiger partial charge < -0.3 is 0 Å². The number of nitrogens with two attached hydrogens (primary N) is 1. The van der Waals surface area contributed by atoms with Gasteiger partial charge in [-0.1, -0.05) is 40.2 Å². The van der Waals surface area contributed by atoms with Crippen molar-refractivity contribution in [2.75, 3.05) is 0 Å². The summed E-state index contributed by atoms with van der Waals surface area (Å²) < 4.78 is 1.14. The van der Waals surface area contributed by atoms with Gasteiger partial charge in [-0.15, -0.1) is 0 Å². The van der Waals surface area contributed by atoms with Crippen LogP contribution in [0.15, 0.2) is 53.3 Å². The zero-order chi connectivity index (χ0) is 13.5. The number of halogens is 1. The zero-order valence-electron chi connectivity index (χ0n) is 10.7. The fourth-order valence-electron chi connectivity index (χ4n) is 2.06. The Balaban J connectivity index is 1.92. The predicted molar refractivity (Wildman–Crippen MR) is 81.5 cm³/mol. The van der Waals surface area contributed by atoms with E-state index in [2.05, 4.69) is 50.6 Å². The summed E-state index contributed by atoms with van der Waals surface area (Å²) in [4.78, 5) is 4.13. The number of pyridine rings is 1. The summed E-state index contributed by atoms with van der Waals surface area (Å²) in [5, 5.41) is 0. The number of benzene rings is 1. The van der Waals surface area contributed by atoms with Gasteiger partial charge in [-0.25, -0.2) is 0 Å². The maximum atomic E-state index is 5.65. The third kappa shape index (κ3) is 4.42. The van der Waals surface area contributed by atoms with Crippen molar-refractivity contribution in [3.8, 4) is 0 Å². The van der Waals surface area contributed by atoms with Gasteiger partial charge in [-0.05, 0) is 42.5 Å². The quantitative estimate of drug-likeness (QED) is 0.636. The van der Waals surface area contributed by atoms with Crippen LogP contribution in [0.5, 0.6) is 0 Å². The summed E-state index contributed by atoms with van der Waals surface area (Å²) >= 11 is 3.57. The lowest BCUT2D eigenvalue weighted by atomic mass is 10.0. The molecule has 2 aromatic rings. The van der Waals surface area contributed by atoms with E-state index in [9.17, 15) is 0 Å². The van der Waals surface area contributed by atoms with Crippen molar-refractivity contribution in [3.05, 3.63) is 64.4 Å². The topological polar surface area (TPSA) is 50.9 Å². The largest absolute Gasteiger partial charge is 0.271 e. The van der Waals surface area contributed by atoms with Crippen molar-refractivity contribution in [3.63, 3.8) is 0 Å². The molecule has 0 aliphatic carbocycles. The Bertz CT molecular complexity index is 502. The number of aryl methyl sites for hydroxylation is 1. The summed E-state index contributed by atoms with van der Waals surface area (Å²) in [6, 6.07) is 12.6. The van der Waals surface area contributed by atoms with Gasteiger partial charge in [0.1, 0.15) is 0 Å². The van der Waals surface area contributed by atoms with Crippen LogP contribution < -0.4 is 11.3 Å². The fourth-order valence-corrected chi connectivity index (χ4v) is 2.51. The van der Waals surface area contributed by atoms with E-state index in [1.54, 1.807) is 6.20 Å².